The third-order valence-electron chi connectivity index (χ3n) is 4.16. The lowest BCUT2D eigenvalue weighted by molar-refractivity contribution is -0.163. The summed E-state index contributed by atoms with van der Waals surface area (Å²) in [5.74, 6) is -1.36. The summed E-state index contributed by atoms with van der Waals surface area (Å²) in [6.07, 6.45) is 1.41. The molecule has 1 N–H and O–H groups in total. The van der Waals surface area contributed by atoms with E-state index in [0.717, 1.165) is 5.56 Å². The maximum Gasteiger partial charge on any atom is 0.347 e. The highest BCUT2D eigenvalue weighted by atomic mass is 16.7. The molecule has 0 aromatic heterocycles. The summed E-state index contributed by atoms with van der Waals surface area (Å²) in [4.78, 5) is 13.0. The zero-order valence-corrected chi connectivity index (χ0v) is 13.8. The van der Waals surface area contributed by atoms with Gasteiger partial charge < -0.3 is 14.6 Å². The fourth-order valence-electron chi connectivity index (χ4n) is 2.91. The number of ether oxygens (including phenoxy) is 2. The second-order valence-electron chi connectivity index (χ2n) is 5.89. The van der Waals surface area contributed by atoms with Crippen molar-refractivity contribution in [1.29, 1.82) is 0 Å². The van der Waals surface area contributed by atoms with Gasteiger partial charge in [0.1, 0.15) is 17.3 Å². The minimum absolute atomic E-state index is 0.0699. The van der Waals surface area contributed by atoms with Crippen LogP contribution in [0.5, 0.6) is 11.5 Å². The van der Waals surface area contributed by atoms with E-state index in [9.17, 15) is 9.90 Å². The molecule has 0 aliphatic carbocycles. The molecule has 0 bridgehead atoms. The molecular weight excluding hydrogens is 328 g/mol. The summed E-state index contributed by atoms with van der Waals surface area (Å²) in [5, 5.41) is 10.4. The molecule has 1 heterocycles. The molecule has 26 heavy (non-hydrogen) atoms. The summed E-state index contributed by atoms with van der Waals surface area (Å²) < 4.78 is 12.1. The molecule has 1 unspecified atom stereocenters. The van der Waals surface area contributed by atoms with Gasteiger partial charge in [-0.05, 0) is 24.3 Å². The van der Waals surface area contributed by atoms with Gasteiger partial charge in [0.2, 0.25) is 5.78 Å². The van der Waals surface area contributed by atoms with Crippen LogP contribution in [0.25, 0.3) is 5.76 Å². The van der Waals surface area contributed by atoms with Crippen molar-refractivity contribution in [2.45, 2.75) is 5.79 Å². The molecule has 0 radical (unpaired) electrons. The monoisotopic (exact) mass is 344 g/mol. The number of phenols is 1. The molecular formula is C22H16O4. The normalized spacial score (nSPS) is 18.9. The zero-order valence-electron chi connectivity index (χ0n) is 13.8. The number of carbonyl (C=O) groups excluding carboxylic acids is 1. The van der Waals surface area contributed by atoms with Crippen LogP contribution < -0.4 is 4.74 Å². The highest BCUT2D eigenvalue weighted by Gasteiger charge is 2.51. The first-order valence-corrected chi connectivity index (χ1v) is 8.22. The van der Waals surface area contributed by atoms with Crippen LogP contribution in [-0.2, 0) is 15.3 Å². The Morgan fingerprint density at radius 1 is 0.808 bits per heavy atom. The predicted molar refractivity (Wildman–Crippen MR) is 97.4 cm³/mol. The lowest BCUT2D eigenvalue weighted by Crippen LogP contribution is -2.40. The van der Waals surface area contributed by atoms with Crippen molar-refractivity contribution in [1.82, 2.24) is 0 Å². The number of aromatic hydroxyl groups is 1. The quantitative estimate of drug-likeness (QED) is 0.768. The summed E-state index contributed by atoms with van der Waals surface area (Å²) in [5.41, 5.74) is 1.02. The molecule has 1 atom stereocenters. The van der Waals surface area contributed by atoms with Gasteiger partial charge in [-0.1, -0.05) is 60.7 Å². The van der Waals surface area contributed by atoms with Crippen molar-refractivity contribution < 1.29 is 19.4 Å². The van der Waals surface area contributed by atoms with Crippen molar-refractivity contribution in [3.05, 3.63) is 102 Å². The van der Waals surface area contributed by atoms with E-state index in [1.165, 1.54) is 12.1 Å². The summed E-state index contributed by atoms with van der Waals surface area (Å²) in [7, 11) is 0. The number of para-hydroxylation sites is 2. The molecule has 0 spiro atoms. The van der Waals surface area contributed by atoms with Crippen LogP contribution in [-0.4, -0.2) is 10.9 Å². The fourth-order valence-corrected chi connectivity index (χ4v) is 2.91. The molecule has 0 saturated heterocycles. The molecule has 3 aromatic carbocycles. The SMILES string of the molecule is O=C1C=C(c2ccccc2)OC1(Oc1ccccc1)c1ccccc1O. The van der Waals surface area contributed by atoms with Crippen molar-refractivity contribution in [2.75, 3.05) is 0 Å². The van der Waals surface area contributed by atoms with E-state index in [1.807, 2.05) is 36.4 Å². The van der Waals surface area contributed by atoms with Crippen molar-refractivity contribution >= 4 is 11.5 Å². The van der Waals surface area contributed by atoms with Crippen LogP contribution in [0.1, 0.15) is 11.1 Å². The summed E-state index contributed by atoms with van der Waals surface area (Å²) in [6.45, 7) is 0. The van der Waals surface area contributed by atoms with Gasteiger partial charge in [-0.3, -0.25) is 4.79 Å². The number of hydrogen-bond acceptors (Lipinski definition) is 4. The van der Waals surface area contributed by atoms with Gasteiger partial charge in [-0.15, -0.1) is 0 Å². The number of carbonyl (C=O) groups is 1. The third-order valence-corrected chi connectivity index (χ3v) is 4.16. The smallest absolute Gasteiger partial charge is 0.347 e. The van der Waals surface area contributed by atoms with Gasteiger partial charge in [-0.2, -0.15) is 0 Å². The van der Waals surface area contributed by atoms with Crippen LogP contribution in [0.4, 0.5) is 0 Å². The Kier molecular flexibility index (Phi) is 3.93. The average molecular weight is 344 g/mol. The van der Waals surface area contributed by atoms with Gasteiger partial charge in [0.15, 0.2) is 0 Å². The number of ketones is 1. The van der Waals surface area contributed by atoms with Gasteiger partial charge in [0.25, 0.3) is 0 Å². The predicted octanol–water partition coefficient (Wildman–Crippen LogP) is 4.26. The lowest BCUT2D eigenvalue weighted by Gasteiger charge is -2.29. The van der Waals surface area contributed by atoms with Crippen molar-refractivity contribution in [2.24, 2.45) is 0 Å². The van der Waals surface area contributed by atoms with E-state index >= 15 is 0 Å². The molecule has 4 nitrogen and oxygen atoms in total. The lowest BCUT2D eigenvalue weighted by atomic mass is 10.0. The molecule has 128 valence electrons. The van der Waals surface area contributed by atoms with Gasteiger partial charge in [-0.25, -0.2) is 0 Å². The van der Waals surface area contributed by atoms with Crippen molar-refractivity contribution in [3.8, 4) is 11.5 Å². The molecule has 1 aliphatic rings. The maximum absolute atomic E-state index is 13.0. The second-order valence-corrected chi connectivity index (χ2v) is 5.89. The maximum atomic E-state index is 13.0. The Hall–Kier alpha value is -3.53. The van der Waals surface area contributed by atoms with Crippen LogP contribution in [0, 0.1) is 0 Å². The molecule has 1 aliphatic heterocycles. The molecule has 0 saturated carbocycles. The Morgan fingerprint density at radius 2 is 1.42 bits per heavy atom. The second kappa shape index (κ2) is 6.41. The first-order chi connectivity index (χ1) is 12.7. The largest absolute Gasteiger partial charge is 0.507 e. The minimum atomic E-state index is -1.77. The van der Waals surface area contributed by atoms with E-state index in [1.54, 1.807) is 42.5 Å². The highest BCUT2D eigenvalue weighted by Crippen LogP contribution is 2.43. The number of phenolic OH excluding ortho intramolecular Hbond substituents is 1. The van der Waals surface area contributed by atoms with E-state index in [4.69, 9.17) is 9.47 Å². The molecule has 3 aromatic rings. The first-order valence-electron chi connectivity index (χ1n) is 8.22. The van der Waals surface area contributed by atoms with E-state index < -0.39 is 5.79 Å². The van der Waals surface area contributed by atoms with E-state index in [2.05, 4.69) is 0 Å². The van der Waals surface area contributed by atoms with Gasteiger partial charge >= 0.3 is 5.79 Å². The summed E-state index contributed by atoms with van der Waals surface area (Å²) in [6, 6.07) is 24.8. The van der Waals surface area contributed by atoms with Crippen LogP contribution in [0.15, 0.2) is 91.0 Å². The standard InChI is InChI=1S/C22H16O4/c23-19-14-8-7-13-18(19)22(25-17-11-5-2-6-12-17)21(24)15-20(26-22)16-9-3-1-4-10-16/h1-15,23H. The Balaban J connectivity index is 1.80. The highest BCUT2D eigenvalue weighted by molar-refractivity contribution is 6.05. The van der Waals surface area contributed by atoms with Crippen LogP contribution >= 0.6 is 0 Å². The molecule has 4 rings (SSSR count). The Bertz CT molecular complexity index is 964. The molecule has 0 fully saturated rings. The Labute approximate surface area is 150 Å². The van der Waals surface area contributed by atoms with Crippen molar-refractivity contribution in [3.63, 3.8) is 0 Å². The van der Waals surface area contributed by atoms with Crippen LogP contribution in [0.3, 0.4) is 0 Å². The molecule has 0 amide bonds. The Morgan fingerprint density at radius 3 is 2.12 bits per heavy atom. The third kappa shape index (κ3) is 2.71. The number of benzene rings is 3. The van der Waals surface area contributed by atoms with Gasteiger partial charge in [0, 0.05) is 11.6 Å². The topological polar surface area (TPSA) is 55.8 Å². The zero-order chi connectivity index (χ0) is 18.0. The van der Waals surface area contributed by atoms with Gasteiger partial charge in [0.05, 0.1) is 5.56 Å². The van der Waals surface area contributed by atoms with E-state index in [0.29, 0.717) is 11.5 Å². The van der Waals surface area contributed by atoms with E-state index in [-0.39, 0.29) is 17.1 Å². The first kappa shape index (κ1) is 16.0. The fraction of sp³-hybridized carbons (Fsp3) is 0.0455. The number of rotatable bonds is 4. The summed E-state index contributed by atoms with van der Waals surface area (Å²) >= 11 is 0. The minimum Gasteiger partial charge on any atom is -0.507 e. The average Bonchev–Trinajstić information content (AvgIpc) is 3.01. The number of hydrogen-bond donors (Lipinski definition) is 1. The van der Waals surface area contributed by atoms with Crippen LogP contribution in [0.2, 0.25) is 0 Å². The molecule has 4 heteroatoms.